The molecule has 2 nitrogen and oxygen atoms in total. The van der Waals surface area contributed by atoms with E-state index in [0.29, 0.717) is 6.54 Å². The molecule has 1 aliphatic rings. The maximum absolute atomic E-state index is 6.05. The summed E-state index contributed by atoms with van der Waals surface area (Å²) in [4.78, 5) is 0. The highest BCUT2D eigenvalue weighted by molar-refractivity contribution is 6.30. The van der Waals surface area contributed by atoms with Crippen molar-refractivity contribution in [2.24, 2.45) is 5.73 Å². The molecule has 82 valence electrons. The van der Waals surface area contributed by atoms with E-state index in [2.05, 4.69) is 6.07 Å². The van der Waals surface area contributed by atoms with Gasteiger partial charge in [-0.25, -0.2) is 0 Å². The predicted molar refractivity (Wildman–Crippen MR) is 62.6 cm³/mol. The summed E-state index contributed by atoms with van der Waals surface area (Å²) >= 11 is 6.05. The van der Waals surface area contributed by atoms with Crippen LogP contribution in [0.4, 0.5) is 0 Å². The quantitative estimate of drug-likeness (QED) is 0.859. The Morgan fingerprint density at radius 3 is 2.60 bits per heavy atom. The smallest absolute Gasteiger partial charge is 0.120 e. The molecule has 0 aliphatic heterocycles. The third kappa shape index (κ3) is 1.84. The number of halogens is 1. The number of methoxy groups -OCH3 is 1. The van der Waals surface area contributed by atoms with Crippen molar-refractivity contribution in [1.82, 2.24) is 0 Å². The average molecular weight is 226 g/mol. The first-order valence-corrected chi connectivity index (χ1v) is 5.63. The van der Waals surface area contributed by atoms with Crippen molar-refractivity contribution in [3.63, 3.8) is 0 Å². The van der Waals surface area contributed by atoms with Gasteiger partial charge < -0.3 is 10.5 Å². The SMILES string of the molecule is COc1cc(Cl)cc(C2(CN)CCC2)c1. The largest absolute Gasteiger partial charge is 0.497 e. The monoisotopic (exact) mass is 225 g/mol. The Balaban J connectivity index is 2.38. The maximum Gasteiger partial charge on any atom is 0.120 e. The summed E-state index contributed by atoms with van der Waals surface area (Å²) in [5.74, 6) is 0.817. The van der Waals surface area contributed by atoms with Gasteiger partial charge >= 0.3 is 0 Å². The molecule has 0 amide bonds. The minimum Gasteiger partial charge on any atom is -0.497 e. The molecule has 3 heteroatoms. The molecule has 1 aliphatic carbocycles. The van der Waals surface area contributed by atoms with E-state index >= 15 is 0 Å². The van der Waals surface area contributed by atoms with Crippen molar-refractivity contribution in [2.45, 2.75) is 24.7 Å². The van der Waals surface area contributed by atoms with Crippen LogP contribution in [-0.2, 0) is 5.41 Å². The van der Waals surface area contributed by atoms with Crippen molar-refractivity contribution in [1.29, 1.82) is 0 Å². The van der Waals surface area contributed by atoms with E-state index in [1.807, 2.05) is 12.1 Å². The molecule has 2 rings (SSSR count). The van der Waals surface area contributed by atoms with E-state index in [0.717, 1.165) is 23.6 Å². The van der Waals surface area contributed by atoms with Gasteiger partial charge in [0, 0.05) is 17.0 Å². The van der Waals surface area contributed by atoms with Crippen LogP contribution in [0, 0.1) is 0 Å². The van der Waals surface area contributed by atoms with Crippen molar-refractivity contribution in [3.05, 3.63) is 28.8 Å². The summed E-state index contributed by atoms with van der Waals surface area (Å²) in [7, 11) is 1.66. The van der Waals surface area contributed by atoms with Gasteiger partial charge in [-0.05, 0) is 36.6 Å². The molecule has 0 radical (unpaired) electrons. The summed E-state index contributed by atoms with van der Waals surface area (Å²) in [6.07, 6.45) is 3.58. The summed E-state index contributed by atoms with van der Waals surface area (Å²) in [5.41, 5.74) is 7.23. The molecule has 0 unspecified atom stereocenters. The molecular weight excluding hydrogens is 210 g/mol. The molecule has 1 fully saturated rings. The number of hydrogen-bond donors (Lipinski definition) is 1. The zero-order valence-electron chi connectivity index (χ0n) is 8.92. The zero-order valence-corrected chi connectivity index (χ0v) is 9.68. The second kappa shape index (κ2) is 4.03. The molecule has 2 N–H and O–H groups in total. The lowest BCUT2D eigenvalue weighted by Crippen LogP contribution is -2.41. The Kier molecular flexibility index (Phi) is 2.89. The van der Waals surface area contributed by atoms with E-state index in [4.69, 9.17) is 22.1 Å². The Bertz CT molecular complexity index is 355. The molecule has 1 aromatic carbocycles. The minimum atomic E-state index is 0.151. The Morgan fingerprint density at radius 2 is 2.13 bits per heavy atom. The number of ether oxygens (including phenoxy) is 1. The van der Waals surface area contributed by atoms with Crippen LogP contribution in [-0.4, -0.2) is 13.7 Å². The lowest BCUT2D eigenvalue weighted by molar-refractivity contribution is 0.252. The first-order valence-electron chi connectivity index (χ1n) is 5.25. The summed E-state index contributed by atoms with van der Waals surface area (Å²) in [5, 5.41) is 0.726. The first-order chi connectivity index (χ1) is 7.20. The van der Waals surface area contributed by atoms with E-state index < -0.39 is 0 Å². The van der Waals surface area contributed by atoms with Gasteiger partial charge in [-0.2, -0.15) is 0 Å². The van der Waals surface area contributed by atoms with Crippen molar-refractivity contribution < 1.29 is 4.74 Å². The van der Waals surface area contributed by atoms with Gasteiger partial charge in [-0.1, -0.05) is 18.0 Å². The number of hydrogen-bond acceptors (Lipinski definition) is 2. The maximum atomic E-state index is 6.05. The van der Waals surface area contributed by atoms with Gasteiger partial charge in [-0.3, -0.25) is 0 Å². The highest BCUT2D eigenvalue weighted by Gasteiger charge is 2.37. The topological polar surface area (TPSA) is 35.2 Å². The molecule has 0 atom stereocenters. The van der Waals surface area contributed by atoms with Crippen LogP contribution >= 0.6 is 11.6 Å². The van der Waals surface area contributed by atoms with Gasteiger partial charge in [0.05, 0.1) is 7.11 Å². The standard InChI is InChI=1S/C12H16ClNO/c1-15-11-6-9(5-10(13)7-11)12(8-14)3-2-4-12/h5-7H,2-4,8,14H2,1H3. The van der Waals surface area contributed by atoms with Gasteiger partial charge in [0.1, 0.15) is 5.75 Å². The van der Waals surface area contributed by atoms with Gasteiger partial charge in [0.2, 0.25) is 0 Å². The highest BCUT2D eigenvalue weighted by Crippen LogP contribution is 2.44. The fourth-order valence-corrected chi connectivity index (χ4v) is 2.43. The van der Waals surface area contributed by atoms with Crippen LogP contribution in [0.2, 0.25) is 5.02 Å². The third-order valence-electron chi connectivity index (χ3n) is 3.42. The predicted octanol–water partition coefficient (Wildman–Crippen LogP) is 2.73. The lowest BCUT2D eigenvalue weighted by atomic mass is 9.64. The highest BCUT2D eigenvalue weighted by atomic mass is 35.5. The van der Waals surface area contributed by atoms with E-state index in [-0.39, 0.29) is 5.41 Å². The minimum absolute atomic E-state index is 0.151. The molecule has 1 saturated carbocycles. The van der Waals surface area contributed by atoms with Crippen molar-refractivity contribution in [2.75, 3.05) is 13.7 Å². The average Bonchev–Trinajstić information content (AvgIpc) is 2.16. The summed E-state index contributed by atoms with van der Waals surface area (Å²) < 4.78 is 5.22. The molecule has 0 aromatic heterocycles. The van der Waals surface area contributed by atoms with Crippen molar-refractivity contribution >= 4 is 11.6 Å². The normalized spacial score (nSPS) is 18.3. The number of nitrogens with two attached hydrogens (primary N) is 1. The molecule has 1 aromatic rings. The van der Waals surface area contributed by atoms with E-state index in [1.165, 1.54) is 12.0 Å². The lowest BCUT2D eigenvalue weighted by Gasteiger charge is -2.41. The van der Waals surface area contributed by atoms with E-state index in [1.54, 1.807) is 7.11 Å². The second-order valence-electron chi connectivity index (χ2n) is 4.22. The molecular formula is C12H16ClNO. The van der Waals surface area contributed by atoms with Crippen LogP contribution in [0.1, 0.15) is 24.8 Å². The Labute approximate surface area is 95.4 Å². The molecule has 0 spiro atoms. The Morgan fingerprint density at radius 1 is 1.40 bits per heavy atom. The van der Waals surface area contributed by atoms with Crippen LogP contribution in [0.25, 0.3) is 0 Å². The van der Waals surface area contributed by atoms with Crippen molar-refractivity contribution in [3.8, 4) is 5.75 Å². The van der Waals surface area contributed by atoms with E-state index in [9.17, 15) is 0 Å². The van der Waals surface area contributed by atoms with Crippen LogP contribution in [0.15, 0.2) is 18.2 Å². The van der Waals surface area contributed by atoms with Crippen LogP contribution in [0.3, 0.4) is 0 Å². The fourth-order valence-electron chi connectivity index (χ4n) is 2.20. The van der Waals surface area contributed by atoms with Crippen LogP contribution in [0.5, 0.6) is 5.75 Å². The summed E-state index contributed by atoms with van der Waals surface area (Å²) in [6, 6.07) is 5.89. The second-order valence-corrected chi connectivity index (χ2v) is 4.65. The first kappa shape index (κ1) is 10.8. The van der Waals surface area contributed by atoms with Gasteiger partial charge in [0.25, 0.3) is 0 Å². The number of benzene rings is 1. The molecule has 15 heavy (non-hydrogen) atoms. The fraction of sp³-hybridized carbons (Fsp3) is 0.500. The summed E-state index contributed by atoms with van der Waals surface area (Å²) in [6.45, 7) is 0.691. The zero-order chi connectivity index (χ0) is 10.9. The third-order valence-corrected chi connectivity index (χ3v) is 3.64. The Hall–Kier alpha value is -0.730. The molecule has 0 saturated heterocycles. The van der Waals surface area contributed by atoms with Crippen LogP contribution < -0.4 is 10.5 Å². The molecule has 0 heterocycles. The van der Waals surface area contributed by atoms with Gasteiger partial charge in [-0.15, -0.1) is 0 Å². The number of rotatable bonds is 3. The van der Waals surface area contributed by atoms with Gasteiger partial charge in [0.15, 0.2) is 0 Å². The molecule has 0 bridgehead atoms.